The van der Waals surface area contributed by atoms with Gasteiger partial charge in [0, 0.05) is 18.4 Å². The molecule has 22 heavy (non-hydrogen) atoms. The van der Waals surface area contributed by atoms with Gasteiger partial charge in [-0.2, -0.15) is 0 Å². The van der Waals surface area contributed by atoms with E-state index in [-0.39, 0.29) is 11.3 Å². The predicted molar refractivity (Wildman–Crippen MR) is 92.0 cm³/mol. The molecule has 2 rings (SSSR count). The molecule has 1 fully saturated rings. The third-order valence-corrected chi connectivity index (χ3v) is 4.84. The van der Waals surface area contributed by atoms with E-state index in [0.29, 0.717) is 13.0 Å². The molecular weight excluding hydrogens is 272 g/mol. The molecule has 0 saturated carbocycles. The second-order valence-electron chi connectivity index (χ2n) is 7.21. The van der Waals surface area contributed by atoms with Gasteiger partial charge in [0.25, 0.3) is 0 Å². The smallest absolute Gasteiger partial charge is 0.220 e. The van der Waals surface area contributed by atoms with Crippen LogP contribution in [0.1, 0.15) is 50.7 Å². The fraction of sp³-hybridized carbons (Fsp3) is 0.632. The first-order valence-corrected chi connectivity index (χ1v) is 8.52. The highest BCUT2D eigenvalue weighted by Crippen LogP contribution is 2.25. The first-order chi connectivity index (χ1) is 10.5. The maximum absolute atomic E-state index is 12.1. The third kappa shape index (κ3) is 4.84. The quantitative estimate of drug-likeness (QED) is 0.847. The summed E-state index contributed by atoms with van der Waals surface area (Å²) in [5, 5.41) is 6.50. The molecule has 0 atom stereocenters. The molecule has 0 aliphatic carbocycles. The highest BCUT2D eigenvalue weighted by atomic mass is 16.1. The zero-order valence-corrected chi connectivity index (χ0v) is 14.2. The van der Waals surface area contributed by atoms with Crippen molar-refractivity contribution in [2.75, 3.05) is 19.6 Å². The summed E-state index contributed by atoms with van der Waals surface area (Å²) in [4.78, 5) is 12.1. The van der Waals surface area contributed by atoms with Gasteiger partial charge in [-0.15, -0.1) is 0 Å². The normalized spacial score (nSPS) is 16.5. The van der Waals surface area contributed by atoms with Crippen LogP contribution >= 0.6 is 0 Å². The lowest BCUT2D eigenvalue weighted by atomic mass is 9.82. The molecule has 1 saturated heterocycles. The number of nitrogens with one attached hydrogen (secondary N) is 2. The molecule has 0 unspecified atom stereocenters. The summed E-state index contributed by atoms with van der Waals surface area (Å²) in [7, 11) is 0. The van der Waals surface area contributed by atoms with E-state index in [9.17, 15) is 4.79 Å². The van der Waals surface area contributed by atoms with Gasteiger partial charge in [-0.25, -0.2) is 0 Å². The van der Waals surface area contributed by atoms with Crippen molar-refractivity contribution in [1.82, 2.24) is 10.6 Å². The number of carbonyl (C=O) groups is 1. The average molecular weight is 302 g/mol. The first-order valence-electron chi connectivity index (χ1n) is 8.52. The zero-order valence-electron chi connectivity index (χ0n) is 14.2. The summed E-state index contributed by atoms with van der Waals surface area (Å²) >= 11 is 0. The Hall–Kier alpha value is -1.35. The highest BCUT2D eigenvalue weighted by Gasteiger charge is 2.23. The number of carbonyl (C=O) groups excluding carboxylic acids is 1. The molecule has 0 radical (unpaired) electrons. The van der Waals surface area contributed by atoms with E-state index < -0.39 is 0 Å². The zero-order chi connectivity index (χ0) is 16.0. The van der Waals surface area contributed by atoms with Gasteiger partial charge in [0.15, 0.2) is 0 Å². The van der Waals surface area contributed by atoms with E-state index in [4.69, 9.17) is 0 Å². The minimum Gasteiger partial charge on any atom is -0.355 e. The number of aryl methyl sites for hydroxylation is 1. The van der Waals surface area contributed by atoms with Crippen molar-refractivity contribution in [2.24, 2.45) is 5.92 Å². The summed E-state index contributed by atoms with van der Waals surface area (Å²) in [5.41, 5.74) is 2.57. The molecule has 0 bridgehead atoms. The van der Waals surface area contributed by atoms with Gasteiger partial charge >= 0.3 is 0 Å². The van der Waals surface area contributed by atoms with E-state index >= 15 is 0 Å². The van der Waals surface area contributed by atoms with Crippen LogP contribution in [0.15, 0.2) is 24.3 Å². The van der Waals surface area contributed by atoms with Crippen LogP contribution in [0.3, 0.4) is 0 Å². The molecule has 3 heteroatoms. The molecule has 1 aliphatic heterocycles. The van der Waals surface area contributed by atoms with Gasteiger partial charge in [-0.1, -0.05) is 38.1 Å². The van der Waals surface area contributed by atoms with Crippen LogP contribution in [-0.2, 0) is 10.2 Å². The summed E-state index contributed by atoms with van der Waals surface area (Å²) < 4.78 is 0. The van der Waals surface area contributed by atoms with Crippen molar-refractivity contribution in [3.63, 3.8) is 0 Å². The first kappa shape index (κ1) is 17.0. The minimum absolute atomic E-state index is 0.0320. The molecule has 3 nitrogen and oxygen atoms in total. The minimum atomic E-state index is -0.0320. The molecule has 122 valence electrons. The van der Waals surface area contributed by atoms with Gasteiger partial charge < -0.3 is 10.6 Å². The Morgan fingerprint density at radius 3 is 2.64 bits per heavy atom. The third-order valence-electron chi connectivity index (χ3n) is 4.84. The molecule has 0 spiro atoms. The van der Waals surface area contributed by atoms with Crippen molar-refractivity contribution < 1.29 is 4.79 Å². The van der Waals surface area contributed by atoms with Crippen LogP contribution in [0.5, 0.6) is 0 Å². The molecular formula is C19H30N2O. The van der Waals surface area contributed by atoms with Crippen LogP contribution in [-0.4, -0.2) is 25.5 Å². The van der Waals surface area contributed by atoms with Crippen LogP contribution in [0.4, 0.5) is 0 Å². The fourth-order valence-electron chi connectivity index (χ4n) is 3.34. The van der Waals surface area contributed by atoms with E-state index in [2.05, 4.69) is 55.7 Å². The van der Waals surface area contributed by atoms with E-state index in [1.54, 1.807) is 0 Å². The maximum atomic E-state index is 12.1. The Balaban J connectivity index is 1.78. The average Bonchev–Trinajstić information content (AvgIpc) is 2.52. The van der Waals surface area contributed by atoms with Crippen molar-refractivity contribution in [2.45, 2.75) is 51.9 Å². The van der Waals surface area contributed by atoms with Crippen molar-refractivity contribution in [3.8, 4) is 0 Å². The van der Waals surface area contributed by atoms with Gasteiger partial charge in [0.2, 0.25) is 5.91 Å². The van der Waals surface area contributed by atoms with Crippen LogP contribution in [0.25, 0.3) is 0 Å². The molecule has 0 aromatic heterocycles. The summed E-state index contributed by atoms with van der Waals surface area (Å²) in [6, 6.07) is 8.43. The van der Waals surface area contributed by atoms with E-state index in [1.807, 2.05) is 0 Å². The van der Waals surface area contributed by atoms with Crippen LogP contribution < -0.4 is 10.6 Å². The number of benzene rings is 1. The van der Waals surface area contributed by atoms with Gasteiger partial charge in [0.1, 0.15) is 0 Å². The second kappa shape index (κ2) is 7.77. The number of hydrogen-bond acceptors (Lipinski definition) is 2. The SMILES string of the molecule is Cc1ccccc1C(C)(C)CNC(=O)CCC1CCNCC1. The number of amides is 1. The fourth-order valence-corrected chi connectivity index (χ4v) is 3.34. The standard InChI is InChI=1S/C19H30N2O/c1-15-6-4-5-7-17(15)19(2,3)14-21-18(22)9-8-16-10-12-20-13-11-16/h4-7,16,20H,8-14H2,1-3H3,(H,21,22). The molecule has 1 amide bonds. The Labute approximate surface area is 134 Å². The second-order valence-corrected chi connectivity index (χ2v) is 7.21. The lowest BCUT2D eigenvalue weighted by Crippen LogP contribution is -2.37. The lowest BCUT2D eigenvalue weighted by Gasteiger charge is -2.28. The monoisotopic (exact) mass is 302 g/mol. The summed E-state index contributed by atoms with van der Waals surface area (Å²) in [6.45, 7) is 9.43. The Morgan fingerprint density at radius 2 is 1.95 bits per heavy atom. The van der Waals surface area contributed by atoms with Crippen LogP contribution in [0, 0.1) is 12.8 Å². The molecule has 1 aromatic carbocycles. The van der Waals surface area contributed by atoms with Gasteiger partial charge in [-0.3, -0.25) is 4.79 Å². The van der Waals surface area contributed by atoms with Crippen molar-refractivity contribution in [3.05, 3.63) is 35.4 Å². The Bertz CT molecular complexity index is 490. The molecule has 1 aliphatic rings. The van der Waals surface area contributed by atoms with Crippen LogP contribution in [0.2, 0.25) is 0 Å². The summed E-state index contributed by atoms with van der Waals surface area (Å²) in [5.74, 6) is 0.913. The molecule has 1 aromatic rings. The van der Waals surface area contributed by atoms with Crippen molar-refractivity contribution in [1.29, 1.82) is 0 Å². The largest absolute Gasteiger partial charge is 0.355 e. The van der Waals surface area contributed by atoms with Gasteiger partial charge in [0.05, 0.1) is 0 Å². The van der Waals surface area contributed by atoms with E-state index in [0.717, 1.165) is 25.4 Å². The topological polar surface area (TPSA) is 41.1 Å². The van der Waals surface area contributed by atoms with Gasteiger partial charge in [-0.05, 0) is 56.3 Å². The number of hydrogen-bond donors (Lipinski definition) is 2. The highest BCUT2D eigenvalue weighted by molar-refractivity contribution is 5.76. The van der Waals surface area contributed by atoms with Crippen molar-refractivity contribution >= 4 is 5.91 Å². The number of piperidine rings is 1. The Kier molecular flexibility index (Phi) is 6.01. The molecule has 2 N–H and O–H groups in total. The van der Waals surface area contributed by atoms with E-state index in [1.165, 1.54) is 24.0 Å². The summed E-state index contributed by atoms with van der Waals surface area (Å²) in [6.07, 6.45) is 4.11. The predicted octanol–water partition coefficient (Wildman–Crippen LogP) is 3.17. The number of rotatable bonds is 6. The molecule has 1 heterocycles. The lowest BCUT2D eigenvalue weighted by molar-refractivity contribution is -0.121. The maximum Gasteiger partial charge on any atom is 0.220 e. The Morgan fingerprint density at radius 1 is 1.27 bits per heavy atom.